The number of rotatable bonds is 3. The maximum absolute atomic E-state index is 12.1. The fourth-order valence-electron chi connectivity index (χ4n) is 2.37. The molecule has 4 N–H and O–H groups in total. The molecule has 0 bridgehead atoms. The zero-order chi connectivity index (χ0) is 14.8. The maximum Gasteiger partial charge on any atom is 0.320 e. The minimum atomic E-state index is -0.574. The third-order valence-electron chi connectivity index (χ3n) is 3.46. The van der Waals surface area contributed by atoms with Crippen molar-refractivity contribution in [1.82, 2.24) is 5.32 Å². The van der Waals surface area contributed by atoms with Crippen LogP contribution in [0.1, 0.15) is 25.7 Å². The molecule has 1 aliphatic carbocycles. The van der Waals surface area contributed by atoms with Crippen LogP contribution in [0.5, 0.6) is 0 Å². The molecule has 0 radical (unpaired) electrons. The van der Waals surface area contributed by atoms with Crippen LogP contribution in [0.3, 0.4) is 0 Å². The van der Waals surface area contributed by atoms with Crippen LogP contribution in [0.25, 0.3) is 0 Å². The largest absolute Gasteiger partial charge is 0.391 e. The van der Waals surface area contributed by atoms with Gasteiger partial charge in [0.2, 0.25) is 0 Å². The summed E-state index contributed by atoms with van der Waals surface area (Å²) in [6.07, 6.45) is 3.56. The molecule has 2 rings (SSSR count). The highest BCUT2D eigenvalue weighted by Gasteiger charge is 2.38. The quantitative estimate of drug-likeness (QED) is 0.739. The monoisotopic (exact) mass is 331 g/mol. The molecule has 20 heavy (non-hydrogen) atoms. The summed E-state index contributed by atoms with van der Waals surface area (Å²) in [4.78, 5) is 12.4. The molecule has 0 heterocycles. The van der Waals surface area contributed by atoms with Crippen molar-refractivity contribution in [2.75, 3.05) is 5.32 Å². The molecule has 7 heteroatoms. The van der Waals surface area contributed by atoms with Crippen molar-refractivity contribution in [2.45, 2.75) is 31.2 Å². The van der Waals surface area contributed by atoms with Gasteiger partial charge in [-0.05, 0) is 31.0 Å². The first-order valence-corrected chi connectivity index (χ1v) is 7.43. The molecule has 108 valence electrons. The second kappa shape index (κ2) is 6.16. The zero-order valence-corrected chi connectivity index (χ0v) is 13.0. The van der Waals surface area contributed by atoms with Crippen molar-refractivity contribution in [3.63, 3.8) is 0 Å². The lowest BCUT2D eigenvalue weighted by Gasteiger charge is -2.29. The van der Waals surface area contributed by atoms with Gasteiger partial charge in [0.05, 0.1) is 20.6 Å². The van der Waals surface area contributed by atoms with Gasteiger partial charge in [-0.25, -0.2) is 4.79 Å². The van der Waals surface area contributed by atoms with E-state index < -0.39 is 5.54 Å². The van der Waals surface area contributed by atoms with Crippen molar-refractivity contribution in [2.24, 2.45) is 5.73 Å². The molecule has 0 aliphatic heterocycles. The van der Waals surface area contributed by atoms with E-state index in [1.165, 1.54) is 0 Å². The molecular weight excluding hydrogens is 317 g/mol. The summed E-state index contributed by atoms with van der Waals surface area (Å²) in [7, 11) is 0. The van der Waals surface area contributed by atoms with Crippen molar-refractivity contribution < 1.29 is 4.79 Å². The van der Waals surface area contributed by atoms with Gasteiger partial charge in [0.15, 0.2) is 0 Å². The lowest BCUT2D eigenvalue weighted by atomic mass is 9.98. The molecular formula is C13H15Cl2N3OS. The average Bonchev–Trinajstić information content (AvgIpc) is 2.83. The molecule has 0 unspecified atom stereocenters. The molecule has 1 aromatic rings. The number of carbonyl (C=O) groups excluding carboxylic acids is 1. The van der Waals surface area contributed by atoms with Gasteiger partial charge in [-0.15, -0.1) is 0 Å². The number of thiocarbonyl (C=S) groups is 1. The lowest BCUT2D eigenvalue weighted by Crippen LogP contribution is -2.55. The number of hydrogen-bond acceptors (Lipinski definition) is 2. The zero-order valence-electron chi connectivity index (χ0n) is 10.7. The highest BCUT2D eigenvalue weighted by atomic mass is 35.5. The number of nitrogens with two attached hydrogens (primary N) is 1. The van der Waals surface area contributed by atoms with E-state index in [4.69, 9.17) is 41.2 Å². The van der Waals surface area contributed by atoms with E-state index in [0.29, 0.717) is 20.7 Å². The van der Waals surface area contributed by atoms with Crippen LogP contribution >= 0.6 is 35.4 Å². The number of amides is 2. The number of benzene rings is 1. The number of anilines is 1. The summed E-state index contributed by atoms with van der Waals surface area (Å²) in [5, 5.41) is 6.41. The number of halogens is 2. The summed E-state index contributed by atoms with van der Waals surface area (Å²) in [6.45, 7) is 0. The van der Waals surface area contributed by atoms with E-state index in [2.05, 4.69) is 10.6 Å². The predicted molar refractivity (Wildman–Crippen MR) is 86.6 cm³/mol. The Morgan fingerprint density at radius 2 is 1.90 bits per heavy atom. The first kappa shape index (κ1) is 15.4. The number of carbonyl (C=O) groups is 1. The Morgan fingerprint density at radius 3 is 2.45 bits per heavy atom. The molecule has 2 amide bonds. The van der Waals surface area contributed by atoms with Gasteiger partial charge in [0.1, 0.15) is 0 Å². The molecule has 4 nitrogen and oxygen atoms in total. The topological polar surface area (TPSA) is 67.1 Å². The van der Waals surface area contributed by atoms with E-state index in [1.807, 2.05) is 0 Å². The standard InChI is InChI=1S/C13H15Cl2N3OS/c14-9-4-3-8(7-10(9)15)17-12(19)18-13(11(16)20)5-1-2-6-13/h3-4,7H,1-2,5-6H2,(H2,16,20)(H2,17,18,19). The molecule has 1 fully saturated rings. The van der Waals surface area contributed by atoms with Crippen LogP contribution in [0.4, 0.5) is 10.5 Å². The smallest absolute Gasteiger partial charge is 0.320 e. The summed E-state index contributed by atoms with van der Waals surface area (Å²) in [6, 6.07) is 4.54. The van der Waals surface area contributed by atoms with E-state index >= 15 is 0 Å². The van der Waals surface area contributed by atoms with Gasteiger partial charge < -0.3 is 16.4 Å². The second-order valence-electron chi connectivity index (χ2n) is 4.86. The number of urea groups is 1. The Hall–Kier alpha value is -1.04. The van der Waals surface area contributed by atoms with Crippen LogP contribution in [0.2, 0.25) is 10.0 Å². The Balaban J connectivity index is 2.04. The molecule has 0 aromatic heterocycles. The first-order valence-electron chi connectivity index (χ1n) is 6.27. The molecule has 0 spiro atoms. The Morgan fingerprint density at radius 1 is 1.25 bits per heavy atom. The van der Waals surface area contributed by atoms with Gasteiger partial charge in [0, 0.05) is 5.69 Å². The third-order valence-corrected chi connectivity index (χ3v) is 4.59. The van der Waals surface area contributed by atoms with Gasteiger partial charge in [-0.2, -0.15) is 0 Å². The highest BCUT2D eigenvalue weighted by molar-refractivity contribution is 7.80. The van der Waals surface area contributed by atoms with Gasteiger partial charge in [-0.1, -0.05) is 48.3 Å². The van der Waals surface area contributed by atoms with E-state index in [1.54, 1.807) is 18.2 Å². The van der Waals surface area contributed by atoms with Crippen molar-refractivity contribution >= 4 is 52.1 Å². The average molecular weight is 332 g/mol. The van der Waals surface area contributed by atoms with Crippen molar-refractivity contribution in [3.8, 4) is 0 Å². The number of nitrogens with one attached hydrogen (secondary N) is 2. The van der Waals surface area contributed by atoms with Crippen molar-refractivity contribution in [3.05, 3.63) is 28.2 Å². The van der Waals surface area contributed by atoms with Crippen LogP contribution < -0.4 is 16.4 Å². The molecule has 0 atom stereocenters. The Labute approximate surface area is 133 Å². The first-order chi connectivity index (χ1) is 9.43. The fraction of sp³-hybridized carbons (Fsp3) is 0.385. The minimum absolute atomic E-state index is 0.333. The van der Waals surface area contributed by atoms with Crippen LogP contribution in [0.15, 0.2) is 18.2 Å². The van der Waals surface area contributed by atoms with Crippen LogP contribution in [0, 0.1) is 0 Å². The van der Waals surface area contributed by atoms with E-state index in [0.717, 1.165) is 25.7 Å². The second-order valence-corrected chi connectivity index (χ2v) is 6.12. The fourth-order valence-corrected chi connectivity index (χ4v) is 2.92. The van der Waals surface area contributed by atoms with Crippen LogP contribution in [-0.2, 0) is 0 Å². The summed E-state index contributed by atoms with van der Waals surface area (Å²) >= 11 is 16.8. The molecule has 1 aromatic carbocycles. The highest BCUT2D eigenvalue weighted by Crippen LogP contribution is 2.30. The Kier molecular flexibility index (Phi) is 4.73. The van der Waals surface area contributed by atoms with Crippen molar-refractivity contribution in [1.29, 1.82) is 0 Å². The van der Waals surface area contributed by atoms with E-state index in [-0.39, 0.29) is 6.03 Å². The maximum atomic E-state index is 12.1. The third kappa shape index (κ3) is 3.34. The van der Waals surface area contributed by atoms with Gasteiger partial charge in [0.25, 0.3) is 0 Å². The van der Waals surface area contributed by atoms with Crippen LogP contribution in [-0.4, -0.2) is 16.6 Å². The van der Waals surface area contributed by atoms with E-state index in [9.17, 15) is 4.79 Å². The summed E-state index contributed by atoms with van der Waals surface area (Å²) in [5.74, 6) is 0. The molecule has 1 saturated carbocycles. The van der Waals surface area contributed by atoms with Gasteiger partial charge in [-0.3, -0.25) is 0 Å². The SMILES string of the molecule is NC(=S)C1(NC(=O)Nc2ccc(Cl)c(Cl)c2)CCCC1. The van der Waals surface area contributed by atoms with Gasteiger partial charge >= 0.3 is 6.03 Å². The predicted octanol–water partition coefficient (Wildman–Crippen LogP) is 3.71. The molecule has 0 saturated heterocycles. The summed E-state index contributed by atoms with van der Waals surface area (Å²) < 4.78 is 0. The lowest BCUT2D eigenvalue weighted by molar-refractivity contribution is 0.245. The molecule has 1 aliphatic rings. The normalized spacial score (nSPS) is 16.7. The summed E-state index contributed by atoms with van der Waals surface area (Å²) in [5.41, 5.74) is 5.76. The minimum Gasteiger partial charge on any atom is -0.391 e. The Bertz CT molecular complexity index is 544. The number of hydrogen-bond donors (Lipinski definition) is 3.